The molecule has 3 aromatic rings. The molecule has 2 aromatic carbocycles. The van der Waals surface area contributed by atoms with Crippen LogP contribution < -0.4 is 10.1 Å². The Labute approximate surface area is 172 Å². The number of ether oxygens (including phenoxy) is 1. The van der Waals surface area contributed by atoms with Gasteiger partial charge in [-0.05, 0) is 42.5 Å². The van der Waals surface area contributed by atoms with Crippen LogP contribution in [0, 0.1) is 0 Å². The highest BCUT2D eigenvalue weighted by Crippen LogP contribution is 2.40. The number of nitrogens with zero attached hydrogens (tertiary/aromatic N) is 3. The monoisotopic (exact) mass is 404 g/mol. The Balaban J connectivity index is 1.43. The van der Waals surface area contributed by atoms with Gasteiger partial charge in [0, 0.05) is 0 Å². The first-order valence-corrected chi connectivity index (χ1v) is 9.81. The number of aryl methyl sites for hydroxylation is 1. The van der Waals surface area contributed by atoms with Crippen LogP contribution in [-0.4, -0.2) is 34.1 Å². The van der Waals surface area contributed by atoms with Crippen molar-refractivity contribution in [2.45, 2.75) is 31.3 Å². The van der Waals surface area contributed by atoms with Gasteiger partial charge in [-0.2, -0.15) is 4.98 Å². The fourth-order valence-electron chi connectivity index (χ4n) is 4.35. The first kappa shape index (κ1) is 18.4. The van der Waals surface area contributed by atoms with E-state index < -0.39 is 11.6 Å². The molecule has 1 aliphatic carbocycles. The lowest BCUT2D eigenvalue weighted by molar-refractivity contribution is -0.132. The van der Waals surface area contributed by atoms with Gasteiger partial charge in [-0.15, -0.1) is 0 Å². The number of carbonyl (C=O) groups is 2. The lowest BCUT2D eigenvalue weighted by atomic mass is 9.76. The van der Waals surface area contributed by atoms with Crippen molar-refractivity contribution in [2.75, 3.05) is 7.11 Å². The van der Waals surface area contributed by atoms with Crippen LogP contribution in [0.1, 0.15) is 29.9 Å². The molecule has 8 nitrogen and oxygen atoms in total. The highest BCUT2D eigenvalue weighted by Gasteiger charge is 2.54. The molecular formula is C22H20N4O4. The van der Waals surface area contributed by atoms with Crippen molar-refractivity contribution in [3.63, 3.8) is 0 Å². The van der Waals surface area contributed by atoms with Crippen molar-refractivity contribution in [3.05, 3.63) is 65.5 Å². The number of methoxy groups -OCH3 is 1. The van der Waals surface area contributed by atoms with Gasteiger partial charge in [0.2, 0.25) is 11.7 Å². The molecule has 1 saturated heterocycles. The molecule has 5 rings (SSSR count). The SMILES string of the molecule is COc1ccccc1-c1noc(CN2C(=O)N[C@]3(CCCc4ccccc43)C2=O)n1. The van der Waals surface area contributed by atoms with Crippen molar-refractivity contribution in [1.29, 1.82) is 0 Å². The molecule has 0 radical (unpaired) electrons. The number of urea groups is 1. The summed E-state index contributed by atoms with van der Waals surface area (Å²) in [4.78, 5) is 31.6. The van der Waals surface area contributed by atoms with Crippen molar-refractivity contribution < 1.29 is 18.8 Å². The second kappa shape index (κ2) is 6.98. The fraction of sp³-hybridized carbons (Fsp3) is 0.273. The topological polar surface area (TPSA) is 97.6 Å². The van der Waals surface area contributed by atoms with Crippen molar-refractivity contribution in [1.82, 2.24) is 20.4 Å². The third kappa shape index (κ3) is 2.75. The molecule has 0 unspecified atom stereocenters. The molecule has 30 heavy (non-hydrogen) atoms. The molecule has 1 spiro atoms. The molecular weight excluding hydrogens is 384 g/mol. The third-order valence-corrected chi connectivity index (χ3v) is 5.76. The van der Waals surface area contributed by atoms with Gasteiger partial charge in [-0.25, -0.2) is 4.79 Å². The molecule has 1 fully saturated rings. The number of carbonyl (C=O) groups excluding carboxylic acids is 2. The van der Waals surface area contributed by atoms with Crippen LogP contribution >= 0.6 is 0 Å². The largest absolute Gasteiger partial charge is 0.496 e. The van der Waals surface area contributed by atoms with Crippen LogP contribution in [0.4, 0.5) is 4.79 Å². The molecule has 0 saturated carbocycles. The quantitative estimate of drug-likeness (QED) is 0.672. The molecule has 2 aliphatic rings. The highest BCUT2D eigenvalue weighted by atomic mass is 16.5. The zero-order chi connectivity index (χ0) is 20.7. The molecule has 152 valence electrons. The Morgan fingerprint density at radius 1 is 1.17 bits per heavy atom. The molecule has 1 aliphatic heterocycles. The van der Waals surface area contributed by atoms with Crippen LogP contribution in [-0.2, 0) is 23.3 Å². The third-order valence-electron chi connectivity index (χ3n) is 5.76. The van der Waals surface area contributed by atoms with Crippen molar-refractivity contribution in [2.24, 2.45) is 0 Å². The summed E-state index contributed by atoms with van der Waals surface area (Å²) in [6.07, 6.45) is 2.30. The lowest BCUT2D eigenvalue weighted by Gasteiger charge is -2.33. The molecule has 3 amide bonds. The number of aromatic nitrogens is 2. The second-order valence-corrected chi connectivity index (χ2v) is 7.45. The van der Waals surface area contributed by atoms with E-state index in [1.54, 1.807) is 13.2 Å². The summed E-state index contributed by atoms with van der Waals surface area (Å²) in [7, 11) is 1.56. The number of hydrogen-bond acceptors (Lipinski definition) is 6. The van der Waals surface area contributed by atoms with Gasteiger partial charge in [0.1, 0.15) is 17.8 Å². The Morgan fingerprint density at radius 2 is 1.97 bits per heavy atom. The van der Waals surface area contributed by atoms with E-state index in [9.17, 15) is 9.59 Å². The number of para-hydroxylation sites is 1. The fourth-order valence-corrected chi connectivity index (χ4v) is 4.35. The number of amides is 3. The van der Waals surface area contributed by atoms with Gasteiger partial charge < -0.3 is 14.6 Å². The molecule has 8 heteroatoms. The maximum absolute atomic E-state index is 13.4. The van der Waals surface area contributed by atoms with Gasteiger partial charge in [0.05, 0.1) is 12.7 Å². The summed E-state index contributed by atoms with van der Waals surface area (Å²) in [6, 6.07) is 14.6. The van der Waals surface area contributed by atoms with Crippen LogP contribution in [0.25, 0.3) is 11.4 Å². The Hall–Kier alpha value is -3.68. The summed E-state index contributed by atoms with van der Waals surface area (Å²) >= 11 is 0. The van der Waals surface area contributed by atoms with E-state index in [0.717, 1.165) is 28.9 Å². The van der Waals surface area contributed by atoms with E-state index in [-0.39, 0.29) is 18.3 Å². The second-order valence-electron chi connectivity index (χ2n) is 7.45. The van der Waals surface area contributed by atoms with Gasteiger partial charge in [0.15, 0.2) is 0 Å². The number of benzene rings is 2. The number of imide groups is 1. The van der Waals surface area contributed by atoms with Crippen LogP contribution in [0.2, 0.25) is 0 Å². The van der Waals surface area contributed by atoms with Crippen LogP contribution in [0.15, 0.2) is 53.1 Å². The van der Waals surface area contributed by atoms with E-state index in [2.05, 4.69) is 15.5 Å². The highest BCUT2D eigenvalue weighted by molar-refractivity contribution is 6.07. The normalized spacial score (nSPS) is 20.4. The molecule has 1 atom stereocenters. The summed E-state index contributed by atoms with van der Waals surface area (Å²) in [5.41, 5.74) is 1.62. The number of rotatable bonds is 4. The summed E-state index contributed by atoms with van der Waals surface area (Å²) in [5.74, 6) is 0.849. The number of fused-ring (bicyclic) bond motifs is 2. The van der Waals surface area contributed by atoms with E-state index in [1.165, 1.54) is 0 Å². The van der Waals surface area contributed by atoms with Gasteiger partial charge in [0.25, 0.3) is 5.91 Å². The zero-order valence-electron chi connectivity index (χ0n) is 16.4. The van der Waals surface area contributed by atoms with Gasteiger partial charge in [-0.1, -0.05) is 41.6 Å². The Bertz CT molecular complexity index is 1140. The summed E-state index contributed by atoms with van der Waals surface area (Å²) in [5, 5.41) is 6.92. The lowest BCUT2D eigenvalue weighted by Crippen LogP contribution is -2.46. The van der Waals surface area contributed by atoms with Crippen LogP contribution in [0.5, 0.6) is 5.75 Å². The average molecular weight is 404 g/mol. The first-order valence-electron chi connectivity index (χ1n) is 9.81. The van der Waals surface area contributed by atoms with E-state index >= 15 is 0 Å². The molecule has 1 aromatic heterocycles. The van der Waals surface area contributed by atoms with Crippen molar-refractivity contribution >= 4 is 11.9 Å². The molecule has 0 bridgehead atoms. The van der Waals surface area contributed by atoms with E-state index in [0.29, 0.717) is 23.6 Å². The van der Waals surface area contributed by atoms with Crippen molar-refractivity contribution in [3.8, 4) is 17.1 Å². The van der Waals surface area contributed by atoms with E-state index in [4.69, 9.17) is 9.26 Å². The summed E-state index contributed by atoms with van der Waals surface area (Å²) < 4.78 is 10.7. The minimum Gasteiger partial charge on any atom is -0.496 e. The smallest absolute Gasteiger partial charge is 0.325 e. The average Bonchev–Trinajstić information content (AvgIpc) is 3.33. The minimum atomic E-state index is -1.02. The van der Waals surface area contributed by atoms with E-state index in [1.807, 2.05) is 42.5 Å². The maximum Gasteiger partial charge on any atom is 0.325 e. The zero-order valence-corrected chi connectivity index (χ0v) is 16.4. The predicted molar refractivity (Wildman–Crippen MR) is 106 cm³/mol. The predicted octanol–water partition coefficient (Wildman–Crippen LogP) is 3.03. The maximum atomic E-state index is 13.4. The molecule has 1 N–H and O–H groups in total. The first-order chi connectivity index (χ1) is 14.6. The Morgan fingerprint density at radius 3 is 2.83 bits per heavy atom. The van der Waals surface area contributed by atoms with Crippen LogP contribution in [0.3, 0.4) is 0 Å². The summed E-state index contributed by atoms with van der Waals surface area (Å²) in [6.45, 7) is -0.0866. The Kier molecular flexibility index (Phi) is 4.27. The standard InChI is InChI=1S/C22H20N4O4/c1-29-17-11-5-3-9-15(17)19-23-18(30-25-19)13-26-20(27)22(24-21(26)28)12-6-8-14-7-2-4-10-16(14)22/h2-5,7,9-11H,6,8,12-13H2,1H3,(H,24,28)/t22-/m0/s1. The molecule has 2 heterocycles. The van der Waals surface area contributed by atoms with Gasteiger partial charge >= 0.3 is 6.03 Å². The minimum absolute atomic E-state index is 0.0866. The number of nitrogens with one attached hydrogen (secondary N) is 1. The van der Waals surface area contributed by atoms with Gasteiger partial charge in [-0.3, -0.25) is 9.69 Å². The number of hydrogen-bond donors (Lipinski definition) is 1.